The first kappa shape index (κ1) is 22.2. The molecule has 2 fully saturated rings. The predicted molar refractivity (Wildman–Crippen MR) is 131 cm³/mol. The number of nitrogens with two attached hydrogens (primary N) is 1. The van der Waals surface area contributed by atoms with Gasteiger partial charge in [0.2, 0.25) is 0 Å². The van der Waals surface area contributed by atoms with Crippen molar-refractivity contribution in [2.24, 2.45) is 22.7 Å². The van der Waals surface area contributed by atoms with Crippen LogP contribution in [0.3, 0.4) is 0 Å². The summed E-state index contributed by atoms with van der Waals surface area (Å²) in [4.78, 5) is 13.0. The zero-order valence-corrected chi connectivity index (χ0v) is 20.2. The molecule has 31 heavy (non-hydrogen) atoms. The quantitative estimate of drug-likeness (QED) is 0.607. The summed E-state index contributed by atoms with van der Waals surface area (Å²) in [6, 6.07) is 0. The predicted octanol–water partition coefficient (Wildman–Crippen LogP) is 5.80. The van der Waals surface area contributed by atoms with Crippen LogP contribution in [0.2, 0.25) is 0 Å². The highest BCUT2D eigenvalue weighted by atomic mass is 15.4. The Morgan fingerprint density at radius 1 is 1.29 bits per heavy atom. The van der Waals surface area contributed by atoms with Crippen LogP contribution < -0.4 is 15.5 Å². The maximum absolute atomic E-state index is 6.15. The number of fused-ring (bicyclic) bond motifs is 2. The van der Waals surface area contributed by atoms with E-state index in [0.29, 0.717) is 22.6 Å². The van der Waals surface area contributed by atoms with Gasteiger partial charge in [0.15, 0.2) is 11.6 Å². The van der Waals surface area contributed by atoms with Gasteiger partial charge < -0.3 is 15.5 Å². The standard InChI is InChI=1S/C26H41N5/c1-18(12-15-31-17-30(6)24-22(31)23(27)28-16-29-24)8-10-20-19(2)9-11-21-25(3,4)13-7-14-26(20,21)5/h12,16,20-21H,2,7-11,13-15,17H2,1,3-6H3,(H2,27,28,29)/t20-,21-,26+/m0/s1. The number of hydrogen-bond donors (Lipinski definition) is 1. The molecule has 2 aliphatic carbocycles. The Morgan fingerprint density at radius 3 is 2.84 bits per heavy atom. The summed E-state index contributed by atoms with van der Waals surface area (Å²) in [5.74, 6) is 2.97. The number of anilines is 3. The molecule has 0 spiro atoms. The Hall–Kier alpha value is -2.04. The second-order valence-corrected chi connectivity index (χ2v) is 11.2. The molecule has 1 aliphatic heterocycles. The molecular formula is C26H41N5. The van der Waals surface area contributed by atoms with Crippen LogP contribution in [0.1, 0.15) is 72.6 Å². The highest BCUT2D eigenvalue weighted by Gasteiger charge is 2.52. The van der Waals surface area contributed by atoms with E-state index in [-0.39, 0.29) is 0 Å². The van der Waals surface area contributed by atoms with Crippen LogP contribution in [0.5, 0.6) is 0 Å². The molecule has 1 aromatic rings. The number of allylic oxidation sites excluding steroid dienone is 2. The maximum Gasteiger partial charge on any atom is 0.159 e. The fourth-order valence-electron chi connectivity index (χ4n) is 7.06. The van der Waals surface area contributed by atoms with Crippen molar-refractivity contribution < 1.29 is 0 Å². The van der Waals surface area contributed by atoms with Crippen molar-refractivity contribution in [3.63, 3.8) is 0 Å². The van der Waals surface area contributed by atoms with Crippen molar-refractivity contribution in [2.45, 2.75) is 72.6 Å². The van der Waals surface area contributed by atoms with Crippen molar-refractivity contribution >= 4 is 17.3 Å². The summed E-state index contributed by atoms with van der Waals surface area (Å²) < 4.78 is 0. The zero-order valence-electron chi connectivity index (χ0n) is 20.2. The number of hydrogen-bond acceptors (Lipinski definition) is 5. The van der Waals surface area contributed by atoms with Gasteiger partial charge in [0.25, 0.3) is 0 Å². The number of nitrogen functional groups attached to an aromatic ring is 1. The first-order valence-corrected chi connectivity index (χ1v) is 12.0. The van der Waals surface area contributed by atoms with E-state index in [0.717, 1.165) is 37.1 Å². The van der Waals surface area contributed by atoms with Gasteiger partial charge in [-0.25, -0.2) is 9.97 Å². The lowest BCUT2D eigenvalue weighted by atomic mass is 9.47. The van der Waals surface area contributed by atoms with Gasteiger partial charge in [-0.1, -0.05) is 51.0 Å². The van der Waals surface area contributed by atoms with Crippen LogP contribution in [-0.4, -0.2) is 30.2 Å². The fraction of sp³-hybridized carbons (Fsp3) is 0.692. The monoisotopic (exact) mass is 423 g/mol. The lowest BCUT2D eigenvalue weighted by Crippen LogP contribution is -2.49. The molecule has 3 atom stereocenters. The number of nitrogens with zero attached hydrogens (tertiary/aromatic N) is 4. The number of rotatable bonds is 5. The zero-order chi connectivity index (χ0) is 22.4. The molecule has 0 unspecified atom stereocenters. The van der Waals surface area contributed by atoms with Crippen LogP contribution in [0, 0.1) is 22.7 Å². The molecule has 2 heterocycles. The van der Waals surface area contributed by atoms with Gasteiger partial charge in [-0.2, -0.15) is 0 Å². The van der Waals surface area contributed by atoms with Crippen molar-refractivity contribution in [1.82, 2.24) is 9.97 Å². The Bertz CT molecular complexity index is 873. The van der Waals surface area contributed by atoms with Gasteiger partial charge in [0.05, 0.1) is 6.67 Å². The second-order valence-electron chi connectivity index (χ2n) is 11.2. The van der Waals surface area contributed by atoms with Gasteiger partial charge in [-0.3, -0.25) is 0 Å². The third-order valence-electron chi connectivity index (χ3n) is 8.70. The lowest BCUT2D eigenvalue weighted by molar-refractivity contribution is -0.0539. The fourth-order valence-corrected chi connectivity index (χ4v) is 7.06. The van der Waals surface area contributed by atoms with Gasteiger partial charge >= 0.3 is 0 Å². The molecule has 4 rings (SSSR count). The van der Waals surface area contributed by atoms with E-state index in [1.54, 1.807) is 6.33 Å². The third kappa shape index (κ3) is 3.96. The first-order chi connectivity index (χ1) is 14.6. The van der Waals surface area contributed by atoms with Crippen molar-refractivity contribution in [2.75, 3.05) is 35.8 Å². The summed E-state index contributed by atoms with van der Waals surface area (Å²) >= 11 is 0. The van der Waals surface area contributed by atoms with E-state index in [1.807, 2.05) is 0 Å². The summed E-state index contributed by atoms with van der Waals surface area (Å²) in [5.41, 5.74) is 11.0. The van der Waals surface area contributed by atoms with E-state index >= 15 is 0 Å². The minimum atomic E-state index is 0.416. The average Bonchev–Trinajstić information content (AvgIpc) is 3.02. The summed E-state index contributed by atoms with van der Waals surface area (Å²) in [6.45, 7) is 16.1. The van der Waals surface area contributed by atoms with Crippen LogP contribution in [0.15, 0.2) is 30.1 Å². The Morgan fingerprint density at radius 2 is 2.06 bits per heavy atom. The highest BCUT2D eigenvalue weighted by Crippen LogP contribution is 2.61. The van der Waals surface area contributed by atoms with E-state index in [4.69, 9.17) is 5.73 Å². The molecule has 0 bridgehead atoms. The minimum Gasteiger partial charge on any atom is -0.382 e. The first-order valence-electron chi connectivity index (χ1n) is 12.0. The van der Waals surface area contributed by atoms with Crippen LogP contribution >= 0.6 is 0 Å². The van der Waals surface area contributed by atoms with Crippen LogP contribution in [-0.2, 0) is 0 Å². The Balaban J connectivity index is 1.42. The normalized spacial score (nSPS) is 30.4. The number of aromatic nitrogens is 2. The van der Waals surface area contributed by atoms with Gasteiger partial charge in [-0.05, 0) is 68.1 Å². The van der Waals surface area contributed by atoms with E-state index in [1.165, 1.54) is 49.7 Å². The topological polar surface area (TPSA) is 58.3 Å². The highest BCUT2D eigenvalue weighted by molar-refractivity contribution is 5.81. The molecule has 170 valence electrons. The van der Waals surface area contributed by atoms with Crippen molar-refractivity contribution in [3.8, 4) is 0 Å². The molecule has 1 aromatic heterocycles. The van der Waals surface area contributed by atoms with E-state index < -0.39 is 0 Å². The average molecular weight is 424 g/mol. The summed E-state index contributed by atoms with van der Waals surface area (Å²) in [5, 5.41) is 0. The molecule has 5 nitrogen and oxygen atoms in total. The van der Waals surface area contributed by atoms with E-state index in [2.05, 4.69) is 67.2 Å². The Kier molecular flexibility index (Phi) is 5.82. The largest absolute Gasteiger partial charge is 0.382 e. The lowest BCUT2D eigenvalue weighted by Gasteiger charge is -2.58. The van der Waals surface area contributed by atoms with Crippen molar-refractivity contribution in [3.05, 3.63) is 30.1 Å². The molecule has 2 saturated carbocycles. The smallest absolute Gasteiger partial charge is 0.159 e. The summed E-state index contributed by atoms with van der Waals surface area (Å²) in [6.07, 6.45) is 12.9. The minimum absolute atomic E-state index is 0.416. The molecule has 0 radical (unpaired) electrons. The molecule has 0 amide bonds. The molecule has 0 aromatic carbocycles. The van der Waals surface area contributed by atoms with Crippen LogP contribution in [0.4, 0.5) is 17.3 Å². The molecule has 5 heteroatoms. The third-order valence-corrected chi connectivity index (χ3v) is 8.70. The molecule has 0 saturated heterocycles. The SMILES string of the molecule is C=C1CC[C@H]2C(C)(C)CCC[C@]2(C)[C@H]1CCC(C)=CCN1CN(C)c2ncnc(N)c21. The summed E-state index contributed by atoms with van der Waals surface area (Å²) in [7, 11) is 2.05. The second kappa shape index (κ2) is 8.14. The van der Waals surface area contributed by atoms with Gasteiger partial charge in [0.1, 0.15) is 12.0 Å². The van der Waals surface area contributed by atoms with Gasteiger partial charge in [-0.15, -0.1) is 0 Å². The van der Waals surface area contributed by atoms with Gasteiger partial charge in [0, 0.05) is 13.6 Å². The maximum atomic E-state index is 6.15. The Labute approximate surface area is 188 Å². The van der Waals surface area contributed by atoms with Crippen LogP contribution in [0.25, 0.3) is 0 Å². The molecular weight excluding hydrogens is 382 g/mol. The van der Waals surface area contributed by atoms with Crippen molar-refractivity contribution in [1.29, 1.82) is 0 Å². The van der Waals surface area contributed by atoms with E-state index in [9.17, 15) is 0 Å². The molecule has 3 aliphatic rings. The molecule has 2 N–H and O–H groups in total.